The smallest absolute Gasteiger partial charge is 0.387 e. The molecule has 0 spiro atoms. The average Bonchev–Trinajstić information content (AvgIpc) is 2.55. The zero-order valence-electron chi connectivity index (χ0n) is 13.3. The number of primary sulfonamides is 1. The van der Waals surface area contributed by atoms with E-state index in [0.29, 0.717) is 12.0 Å². The maximum atomic E-state index is 12.2. The minimum Gasteiger partial charge on any atom is -0.435 e. The van der Waals surface area contributed by atoms with Gasteiger partial charge in [0.2, 0.25) is 20.0 Å². The number of hydrogen-bond donors (Lipinski definition) is 2. The van der Waals surface area contributed by atoms with Crippen LogP contribution in [0.4, 0.5) is 8.78 Å². The van der Waals surface area contributed by atoms with E-state index in [1.165, 1.54) is 42.5 Å². The van der Waals surface area contributed by atoms with Gasteiger partial charge in [0.25, 0.3) is 0 Å². The molecule has 0 unspecified atom stereocenters. The highest BCUT2D eigenvalue weighted by Gasteiger charge is 2.17. The van der Waals surface area contributed by atoms with Crippen molar-refractivity contribution in [3.05, 3.63) is 54.1 Å². The molecule has 2 aromatic carbocycles. The summed E-state index contributed by atoms with van der Waals surface area (Å²) in [4.78, 5) is -0.542. The van der Waals surface area contributed by atoms with Gasteiger partial charge in [-0.05, 0) is 42.3 Å². The van der Waals surface area contributed by atoms with Crippen LogP contribution in [0.5, 0.6) is 5.75 Å². The molecular weight excluding hydrogens is 390 g/mol. The van der Waals surface area contributed by atoms with Gasteiger partial charge in [0.15, 0.2) is 0 Å². The topological polar surface area (TPSA) is 116 Å². The molecule has 0 heterocycles. The van der Waals surface area contributed by atoms with E-state index in [-0.39, 0.29) is 22.1 Å². The van der Waals surface area contributed by atoms with E-state index in [9.17, 15) is 25.6 Å². The lowest BCUT2D eigenvalue weighted by atomic mass is 10.1. The Bertz CT molecular complexity index is 962. The van der Waals surface area contributed by atoms with Gasteiger partial charge >= 0.3 is 6.61 Å². The van der Waals surface area contributed by atoms with Crippen LogP contribution in [0.15, 0.2) is 58.3 Å². The van der Waals surface area contributed by atoms with Crippen LogP contribution in [0.25, 0.3) is 0 Å². The Labute approximate surface area is 149 Å². The van der Waals surface area contributed by atoms with Crippen molar-refractivity contribution in [3.8, 4) is 5.75 Å². The van der Waals surface area contributed by atoms with Gasteiger partial charge in [-0.15, -0.1) is 0 Å². The van der Waals surface area contributed by atoms with Crippen molar-refractivity contribution in [2.75, 3.05) is 6.54 Å². The first-order valence-corrected chi connectivity index (χ1v) is 10.3. The first-order valence-electron chi connectivity index (χ1n) is 7.24. The Morgan fingerprint density at radius 1 is 1.00 bits per heavy atom. The summed E-state index contributed by atoms with van der Waals surface area (Å²) in [5.41, 5.74) is 0.701. The van der Waals surface area contributed by atoms with Crippen LogP contribution in [0.2, 0.25) is 0 Å². The number of ether oxygens (including phenoxy) is 1. The summed E-state index contributed by atoms with van der Waals surface area (Å²) in [6, 6.07) is 10.5. The molecule has 2 rings (SSSR count). The van der Waals surface area contributed by atoms with E-state index in [1.807, 2.05) is 0 Å². The van der Waals surface area contributed by atoms with Crippen molar-refractivity contribution < 1.29 is 30.4 Å². The molecule has 0 aliphatic heterocycles. The van der Waals surface area contributed by atoms with E-state index in [1.54, 1.807) is 0 Å². The lowest BCUT2D eigenvalue weighted by molar-refractivity contribution is -0.0498. The van der Waals surface area contributed by atoms with E-state index in [2.05, 4.69) is 9.46 Å². The second-order valence-corrected chi connectivity index (χ2v) is 8.52. The van der Waals surface area contributed by atoms with Crippen LogP contribution in [-0.2, 0) is 26.5 Å². The van der Waals surface area contributed by atoms with Crippen LogP contribution in [0.1, 0.15) is 5.56 Å². The number of rotatable bonds is 8. The molecule has 0 amide bonds. The number of sulfonamides is 2. The normalized spacial score (nSPS) is 12.3. The van der Waals surface area contributed by atoms with Gasteiger partial charge < -0.3 is 4.74 Å². The van der Waals surface area contributed by atoms with Crippen LogP contribution >= 0.6 is 0 Å². The van der Waals surface area contributed by atoms with Crippen LogP contribution in [0, 0.1) is 0 Å². The monoisotopic (exact) mass is 406 g/mol. The quantitative estimate of drug-likeness (QED) is 0.689. The summed E-state index contributed by atoms with van der Waals surface area (Å²) in [6.45, 7) is -2.89. The molecule has 142 valence electrons. The lowest BCUT2D eigenvalue weighted by Gasteiger charge is -2.09. The van der Waals surface area contributed by atoms with Crippen LogP contribution in [0.3, 0.4) is 0 Å². The first kappa shape index (κ1) is 20.2. The zero-order chi connectivity index (χ0) is 19.4. The second kappa shape index (κ2) is 8.08. The molecule has 0 saturated heterocycles. The highest BCUT2D eigenvalue weighted by molar-refractivity contribution is 7.90. The van der Waals surface area contributed by atoms with Crippen LogP contribution < -0.4 is 14.6 Å². The third kappa shape index (κ3) is 5.73. The van der Waals surface area contributed by atoms with Crippen molar-refractivity contribution >= 4 is 20.0 Å². The number of benzene rings is 2. The molecule has 0 radical (unpaired) electrons. The average molecular weight is 406 g/mol. The van der Waals surface area contributed by atoms with Gasteiger partial charge in [-0.3, -0.25) is 0 Å². The van der Waals surface area contributed by atoms with Gasteiger partial charge in [-0.1, -0.05) is 18.2 Å². The van der Waals surface area contributed by atoms with E-state index in [4.69, 9.17) is 5.14 Å². The van der Waals surface area contributed by atoms with Gasteiger partial charge in [0.05, 0.1) is 9.79 Å². The van der Waals surface area contributed by atoms with Gasteiger partial charge in [-0.25, -0.2) is 26.7 Å². The second-order valence-electron chi connectivity index (χ2n) is 5.19. The Morgan fingerprint density at radius 3 is 2.19 bits per heavy atom. The van der Waals surface area contributed by atoms with Gasteiger partial charge in [-0.2, -0.15) is 8.78 Å². The number of nitrogens with one attached hydrogen (secondary N) is 1. The molecule has 0 atom stereocenters. The molecule has 7 nitrogen and oxygen atoms in total. The fraction of sp³-hybridized carbons (Fsp3) is 0.200. The molecule has 0 saturated carbocycles. The molecule has 0 aromatic heterocycles. The minimum atomic E-state index is -4.02. The Balaban J connectivity index is 2.00. The molecule has 11 heteroatoms. The highest BCUT2D eigenvalue weighted by atomic mass is 32.2. The fourth-order valence-electron chi connectivity index (χ4n) is 2.07. The maximum absolute atomic E-state index is 12.2. The maximum Gasteiger partial charge on any atom is 0.387 e. The predicted octanol–water partition coefficient (Wildman–Crippen LogP) is 1.46. The number of halogens is 2. The summed E-state index contributed by atoms with van der Waals surface area (Å²) in [5.74, 6) is 0.00383. The zero-order valence-corrected chi connectivity index (χ0v) is 14.9. The van der Waals surface area contributed by atoms with E-state index >= 15 is 0 Å². The molecule has 0 fully saturated rings. The van der Waals surface area contributed by atoms with Gasteiger partial charge in [0.1, 0.15) is 5.75 Å². The molecule has 0 aliphatic carbocycles. The van der Waals surface area contributed by atoms with E-state index in [0.717, 1.165) is 6.07 Å². The molecule has 26 heavy (non-hydrogen) atoms. The molecule has 0 aliphatic rings. The fourth-order valence-corrected chi connectivity index (χ4v) is 3.78. The van der Waals surface area contributed by atoms with Crippen molar-refractivity contribution in [3.63, 3.8) is 0 Å². The molecule has 0 bridgehead atoms. The predicted molar refractivity (Wildman–Crippen MR) is 89.8 cm³/mol. The van der Waals surface area contributed by atoms with Crippen molar-refractivity contribution in [1.29, 1.82) is 0 Å². The number of alkyl halides is 2. The summed E-state index contributed by atoms with van der Waals surface area (Å²) >= 11 is 0. The Morgan fingerprint density at radius 2 is 1.62 bits per heavy atom. The number of nitrogens with two attached hydrogens (primary N) is 1. The SMILES string of the molecule is NS(=O)(=O)c1cccc(S(=O)(=O)NCCc2ccc(OC(F)F)cc2)c1. The molecular formula is C15H16F2N2O5S2. The highest BCUT2D eigenvalue weighted by Crippen LogP contribution is 2.16. The molecule has 2 aromatic rings. The summed E-state index contributed by atoms with van der Waals surface area (Å²) in [6.07, 6.45) is 0.295. The van der Waals surface area contributed by atoms with Crippen molar-refractivity contribution in [2.24, 2.45) is 5.14 Å². The molecule has 3 N–H and O–H groups in total. The van der Waals surface area contributed by atoms with E-state index < -0.39 is 26.7 Å². The summed E-state index contributed by atoms with van der Waals surface area (Å²) in [5, 5.41) is 4.99. The summed E-state index contributed by atoms with van der Waals surface area (Å²) < 4.78 is 77.8. The van der Waals surface area contributed by atoms with Crippen molar-refractivity contribution in [2.45, 2.75) is 22.8 Å². The third-order valence-corrected chi connectivity index (χ3v) is 5.67. The third-order valence-electron chi connectivity index (χ3n) is 3.30. The largest absolute Gasteiger partial charge is 0.435 e. The first-order chi connectivity index (χ1) is 12.1. The Kier molecular flexibility index (Phi) is 6.29. The van der Waals surface area contributed by atoms with Crippen LogP contribution in [-0.4, -0.2) is 30.0 Å². The summed E-state index contributed by atoms with van der Waals surface area (Å²) in [7, 11) is -7.95. The Hall–Kier alpha value is -2.08. The minimum absolute atomic E-state index is 0.00383. The lowest BCUT2D eigenvalue weighted by Crippen LogP contribution is -2.26. The number of hydrogen-bond acceptors (Lipinski definition) is 5. The van der Waals surface area contributed by atoms with Gasteiger partial charge in [0, 0.05) is 6.54 Å². The van der Waals surface area contributed by atoms with Crippen molar-refractivity contribution in [1.82, 2.24) is 4.72 Å². The standard InChI is InChI=1S/C15H16F2N2O5S2/c16-15(17)24-12-6-4-11(5-7-12)8-9-19-26(22,23)14-3-1-2-13(10-14)25(18,20)21/h1-7,10,15,19H,8-9H2,(H2,18,20,21).